The number of alkyl halides is 1. The Bertz CT molecular complexity index is 576. The molecular formula is C18H26F2N2O. The van der Waals surface area contributed by atoms with Crippen LogP contribution in [-0.2, 0) is 11.3 Å². The van der Waals surface area contributed by atoms with Gasteiger partial charge in [-0.1, -0.05) is 6.92 Å². The van der Waals surface area contributed by atoms with Crippen LogP contribution in [0.15, 0.2) is 12.1 Å². The zero-order valence-electron chi connectivity index (χ0n) is 14.3. The second-order valence-corrected chi connectivity index (χ2v) is 6.73. The summed E-state index contributed by atoms with van der Waals surface area (Å²) < 4.78 is 28.2. The minimum absolute atomic E-state index is 0.108. The van der Waals surface area contributed by atoms with Gasteiger partial charge in [0, 0.05) is 37.8 Å². The fourth-order valence-corrected chi connectivity index (χ4v) is 3.15. The SMILES string of the molecule is CC(=O)N(C)c1cc(CN[C@@H]2CC[C@@H](C)C[C@@H]2F)c(F)cc1C. The van der Waals surface area contributed by atoms with E-state index in [2.05, 4.69) is 12.2 Å². The third kappa shape index (κ3) is 4.28. The molecule has 0 saturated heterocycles. The molecule has 1 fully saturated rings. The second-order valence-electron chi connectivity index (χ2n) is 6.73. The summed E-state index contributed by atoms with van der Waals surface area (Å²) in [6, 6.07) is 2.89. The van der Waals surface area contributed by atoms with E-state index in [-0.39, 0.29) is 24.3 Å². The van der Waals surface area contributed by atoms with Crippen molar-refractivity contribution < 1.29 is 13.6 Å². The van der Waals surface area contributed by atoms with Gasteiger partial charge in [-0.2, -0.15) is 0 Å². The maximum absolute atomic E-state index is 14.2. The van der Waals surface area contributed by atoms with Crippen LogP contribution < -0.4 is 10.2 Å². The van der Waals surface area contributed by atoms with Crippen molar-refractivity contribution in [1.29, 1.82) is 0 Å². The number of rotatable bonds is 4. The lowest BCUT2D eigenvalue weighted by atomic mass is 9.86. The summed E-state index contributed by atoms with van der Waals surface area (Å²) in [4.78, 5) is 13.0. The molecule has 0 aromatic heterocycles. The Morgan fingerprint density at radius 3 is 2.70 bits per heavy atom. The Morgan fingerprint density at radius 2 is 2.09 bits per heavy atom. The third-order valence-electron chi connectivity index (χ3n) is 4.79. The van der Waals surface area contributed by atoms with Gasteiger partial charge >= 0.3 is 0 Å². The first kappa shape index (κ1) is 17.9. The predicted octanol–water partition coefficient (Wildman–Crippen LogP) is 3.73. The molecule has 1 aliphatic rings. The van der Waals surface area contributed by atoms with E-state index in [4.69, 9.17) is 0 Å². The van der Waals surface area contributed by atoms with Crippen molar-refractivity contribution in [2.45, 2.75) is 58.8 Å². The van der Waals surface area contributed by atoms with Crippen molar-refractivity contribution in [3.8, 4) is 0 Å². The number of nitrogens with one attached hydrogen (secondary N) is 1. The van der Waals surface area contributed by atoms with Gasteiger partial charge in [-0.15, -0.1) is 0 Å². The average molecular weight is 324 g/mol. The molecule has 0 heterocycles. The van der Waals surface area contributed by atoms with Crippen molar-refractivity contribution in [1.82, 2.24) is 5.32 Å². The van der Waals surface area contributed by atoms with Crippen LogP contribution >= 0.6 is 0 Å². The van der Waals surface area contributed by atoms with Crippen LogP contribution in [0.2, 0.25) is 0 Å². The zero-order chi connectivity index (χ0) is 17.1. The maximum atomic E-state index is 14.2. The number of benzene rings is 1. The number of carbonyl (C=O) groups excluding carboxylic acids is 1. The molecule has 0 bridgehead atoms. The standard InChI is InChI=1S/C18H26F2N2O/c1-11-5-6-17(16(20)7-11)21-10-14-9-18(22(4)13(3)23)12(2)8-15(14)19/h8-9,11,16-17,21H,5-7,10H2,1-4H3/t11-,16+,17-/m1/s1. The molecular weight excluding hydrogens is 298 g/mol. The van der Waals surface area contributed by atoms with E-state index in [0.29, 0.717) is 29.2 Å². The van der Waals surface area contributed by atoms with Gasteiger partial charge < -0.3 is 10.2 Å². The molecule has 128 valence electrons. The van der Waals surface area contributed by atoms with Crippen LogP contribution in [0.4, 0.5) is 14.5 Å². The first-order valence-electron chi connectivity index (χ1n) is 8.20. The molecule has 0 aliphatic heterocycles. The molecule has 0 unspecified atom stereocenters. The fraction of sp³-hybridized carbons (Fsp3) is 0.611. The van der Waals surface area contributed by atoms with Gasteiger partial charge in [-0.3, -0.25) is 4.79 Å². The topological polar surface area (TPSA) is 32.3 Å². The number of hydrogen-bond donors (Lipinski definition) is 1. The Hall–Kier alpha value is -1.49. The van der Waals surface area contributed by atoms with E-state index in [1.165, 1.54) is 17.9 Å². The van der Waals surface area contributed by atoms with E-state index in [1.807, 2.05) is 0 Å². The van der Waals surface area contributed by atoms with Crippen molar-refractivity contribution >= 4 is 11.6 Å². The van der Waals surface area contributed by atoms with E-state index < -0.39 is 6.17 Å². The van der Waals surface area contributed by atoms with E-state index in [1.54, 1.807) is 20.0 Å². The summed E-state index contributed by atoms with van der Waals surface area (Å²) in [5.41, 5.74) is 1.85. The summed E-state index contributed by atoms with van der Waals surface area (Å²) in [7, 11) is 1.67. The van der Waals surface area contributed by atoms with Crippen LogP contribution in [0.1, 0.15) is 44.2 Å². The van der Waals surface area contributed by atoms with Crippen LogP contribution in [0.5, 0.6) is 0 Å². The number of anilines is 1. The molecule has 1 aromatic carbocycles. The smallest absolute Gasteiger partial charge is 0.223 e. The number of aryl methyl sites for hydroxylation is 1. The molecule has 1 N–H and O–H groups in total. The molecule has 0 spiro atoms. The van der Waals surface area contributed by atoms with E-state index >= 15 is 0 Å². The lowest BCUT2D eigenvalue weighted by Crippen LogP contribution is -2.41. The molecule has 3 nitrogen and oxygen atoms in total. The largest absolute Gasteiger partial charge is 0.315 e. The Labute approximate surface area is 137 Å². The first-order chi connectivity index (χ1) is 10.8. The highest BCUT2D eigenvalue weighted by Gasteiger charge is 2.28. The summed E-state index contributed by atoms with van der Waals surface area (Å²) in [6.07, 6.45) is 1.45. The summed E-state index contributed by atoms with van der Waals surface area (Å²) in [5, 5.41) is 3.15. The summed E-state index contributed by atoms with van der Waals surface area (Å²) >= 11 is 0. The number of amides is 1. The van der Waals surface area contributed by atoms with Gasteiger partial charge in [0.05, 0.1) is 0 Å². The number of carbonyl (C=O) groups is 1. The average Bonchev–Trinajstić information content (AvgIpc) is 2.47. The van der Waals surface area contributed by atoms with Crippen LogP contribution in [-0.4, -0.2) is 25.2 Å². The fourth-order valence-electron chi connectivity index (χ4n) is 3.15. The molecule has 1 amide bonds. The molecule has 2 rings (SSSR count). The third-order valence-corrected chi connectivity index (χ3v) is 4.79. The predicted molar refractivity (Wildman–Crippen MR) is 88.8 cm³/mol. The number of hydrogen-bond acceptors (Lipinski definition) is 2. The quantitative estimate of drug-likeness (QED) is 0.915. The molecule has 1 saturated carbocycles. The van der Waals surface area contributed by atoms with Gasteiger partial charge in [-0.05, 0) is 49.8 Å². The van der Waals surface area contributed by atoms with Gasteiger partial charge in [0.2, 0.25) is 5.91 Å². The maximum Gasteiger partial charge on any atom is 0.223 e. The highest BCUT2D eigenvalue weighted by Crippen LogP contribution is 2.27. The van der Waals surface area contributed by atoms with E-state index in [9.17, 15) is 13.6 Å². The van der Waals surface area contributed by atoms with Gasteiger partial charge in [0.15, 0.2) is 0 Å². The molecule has 0 radical (unpaired) electrons. The minimum atomic E-state index is -0.883. The lowest BCUT2D eigenvalue weighted by Gasteiger charge is -2.30. The van der Waals surface area contributed by atoms with Crippen LogP contribution in [0.3, 0.4) is 0 Å². The highest BCUT2D eigenvalue weighted by molar-refractivity contribution is 5.91. The van der Waals surface area contributed by atoms with Crippen LogP contribution in [0, 0.1) is 18.7 Å². The number of halogens is 2. The highest BCUT2D eigenvalue weighted by atomic mass is 19.1. The first-order valence-corrected chi connectivity index (χ1v) is 8.20. The Kier molecular flexibility index (Phi) is 5.74. The van der Waals surface area contributed by atoms with Crippen molar-refractivity contribution in [3.05, 3.63) is 29.1 Å². The Balaban J connectivity index is 2.10. The number of nitrogens with zero attached hydrogens (tertiary/aromatic N) is 1. The van der Waals surface area contributed by atoms with Crippen molar-refractivity contribution in [2.75, 3.05) is 11.9 Å². The van der Waals surface area contributed by atoms with Crippen molar-refractivity contribution in [3.63, 3.8) is 0 Å². The normalized spacial score (nSPS) is 24.5. The van der Waals surface area contributed by atoms with E-state index in [0.717, 1.165) is 12.8 Å². The van der Waals surface area contributed by atoms with Gasteiger partial charge in [0.25, 0.3) is 0 Å². The lowest BCUT2D eigenvalue weighted by molar-refractivity contribution is -0.116. The second kappa shape index (κ2) is 7.39. The zero-order valence-corrected chi connectivity index (χ0v) is 14.3. The Morgan fingerprint density at radius 1 is 1.39 bits per heavy atom. The monoisotopic (exact) mass is 324 g/mol. The molecule has 23 heavy (non-hydrogen) atoms. The molecule has 1 aromatic rings. The van der Waals surface area contributed by atoms with Gasteiger partial charge in [-0.25, -0.2) is 8.78 Å². The molecule has 5 heteroatoms. The molecule has 1 aliphatic carbocycles. The van der Waals surface area contributed by atoms with Gasteiger partial charge in [0.1, 0.15) is 12.0 Å². The van der Waals surface area contributed by atoms with Crippen molar-refractivity contribution in [2.24, 2.45) is 5.92 Å². The summed E-state index contributed by atoms with van der Waals surface area (Å²) in [6.45, 7) is 5.57. The molecule has 3 atom stereocenters. The summed E-state index contributed by atoms with van der Waals surface area (Å²) in [5.74, 6) is -0.0195. The minimum Gasteiger partial charge on any atom is -0.315 e. The van der Waals surface area contributed by atoms with Crippen LogP contribution in [0.25, 0.3) is 0 Å².